The van der Waals surface area contributed by atoms with Gasteiger partial charge >= 0.3 is 0 Å². The Hall–Kier alpha value is -0.860. The van der Waals surface area contributed by atoms with E-state index in [0.29, 0.717) is 12.6 Å². The van der Waals surface area contributed by atoms with Gasteiger partial charge in [-0.25, -0.2) is 4.98 Å². The van der Waals surface area contributed by atoms with E-state index in [1.165, 1.54) is 32.1 Å². The van der Waals surface area contributed by atoms with E-state index in [4.69, 9.17) is 0 Å². The van der Waals surface area contributed by atoms with Gasteiger partial charge in [-0.15, -0.1) is 24.0 Å². The normalized spacial score (nSPS) is 16.8. The topological polar surface area (TPSA) is 67.1 Å². The molecule has 0 aliphatic heterocycles. The van der Waals surface area contributed by atoms with Crippen LogP contribution in [-0.2, 0) is 13.6 Å². The molecule has 0 unspecified atom stereocenters. The number of aliphatic imine (C=N–C) groups is 1. The maximum Gasteiger partial charge on any atom is 0.191 e. The number of halogens is 1. The zero-order valence-corrected chi connectivity index (χ0v) is 13.9. The third-order valence-corrected chi connectivity index (χ3v) is 3.39. The minimum absolute atomic E-state index is 0. The first-order valence-electron chi connectivity index (χ1n) is 6.59. The Morgan fingerprint density at radius 2 is 2.16 bits per heavy atom. The van der Waals surface area contributed by atoms with E-state index < -0.39 is 0 Å². The van der Waals surface area contributed by atoms with Crippen molar-refractivity contribution in [3.8, 4) is 0 Å². The Balaban J connectivity index is 0.00000180. The molecule has 1 saturated carbocycles. The maximum absolute atomic E-state index is 4.25. The largest absolute Gasteiger partial charge is 0.354 e. The third kappa shape index (κ3) is 4.96. The molecule has 0 spiro atoms. The predicted molar refractivity (Wildman–Crippen MR) is 86.6 cm³/mol. The van der Waals surface area contributed by atoms with Crippen molar-refractivity contribution in [3.63, 3.8) is 0 Å². The fraction of sp³-hybridized carbons (Fsp3) is 0.750. The number of rotatable bonds is 3. The SMILES string of the molecule is CN=C(NCc1ncnn1C)NC1CCCCC1.I. The summed E-state index contributed by atoms with van der Waals surface area (Å²) in [4.78, 5) is 8.42. The summed E-state index contributed by atoms with van der Waals surface area (Å²) >= 11 is 0. The lowest BCUT2D eigenvalue weighted by atomic mass is 9.96. The minimum atomic E-state index is 0. The highest BCUT2D eigenvalue weighted by atomic mass is 127. The number of aromatic nitrogens is 3. The van der Waals surface area contributed by atoms with Crippen LogP contribution in [0.5, 0.6) is 0 Å². The van der Waals surface area contributed by atoms with Crippen molar-refractivity contribution in [1.29, 1.82) is 0 Å². The molecular weight excluding hydrogens is 355 g/mol. The molecule has 1 aliphatic carbocycles. The Labute approximate surface area is 131 Å². The second kappa shape index (κ2) is 8.34. The molecule has 0 saturated heterocycles. The average Bonchev–Trinajstić information content (AvgIpc) is 2.81. The number of hydrogen-bond acceptors (Lipinski definition) is 3. The third-order valence-electron chi connectivity index (χ3n) is 3.39. The molecule has 0 radical (unpaired) electrons. The monoisotopic (exact) mass is 378 g/mol. The summed E-state index contributed by atoms with van der Waals surface area (Å²) in [6, 6.07) is 0.560. The fourth-order valence-electron chi connectivity index (χ4n) is 2.28. The summed E-state index contributed by atoms with van der Waals surface area (Å²) in [5, 5.41) is 10.8. The maximum atomic E-state index is 4.25. The van der Waals surface area contributed by atoms with Gasteiger partial charge in [0.15, 0.2) is 5.96 Å². The van der Waals surface area contributed by atoms with Crippen molar-refractivity contribution >= 4 is 29.9 Å². The molecule has 1 aliphatic rings. The zero-order chi connectivity index (χ0) is 12.8. The molecule has 0 bridgehead atoms. The first-order valence-corrected chi connectivity index (χ1v) is 6.59. The van der Waals surface area contributed by atoms with Gasteiger partial charge in [-0.2, -0.15) is 5.10 Å². The Kier molecular flexibility index (Phi) is 7.11. The molecule has 6 nitrogen and oxygen atoms in total. The molecule has 1 aromatic heterocycles. The van der Waals surface area contributed by atoms with Crippen LogP contribution in [0.25, 0.3) is 0 Å². The van der Waals surface area contributed by atoms with Crippen molar-refractivity contribution in [3.05, 3.63) is 12.2 Å². The zero-order valence-electron chi connectivity index (χ0n) is 11.6. The van der Waals surface area contributed by atoms with Gasteiger partial charge in [0.05, 0.1) is 6.54 Å². The first-order chi connectivity index (χ1) is 8.79. The molecule has 0 atom stereocenters. The van der Waals surface area contributed by atoms with Crippen LogP contribution in [0.3, 0.4) is 0 Å². The lowest BCUT2D eigenvalue weighted by molar-refractivity contribution is 0.409. The van der Waals surface area contributed by atoms with Gasteiger partial charge in [0.1, 0.15) is 12.2 Å². The standard InChI is InChI=1S/C12H22N6.HI/c1-13-12(17-10-6-4-3-5-7-10)14-8-11-15-9-16-18(11)2;/h9-10H,3-8H2,1-2H3,(H2,13,14,17);1H. The van der Waals surface area contributed by atoms with Crippen LogP contribution >= 0.6 is 24.0 Å². The highest BCUT2D eigenvalue weighted by Crippen LogP contribution is 2.17. The molecule has 19 heavy (non-hydrogen) atoms. The van der Waals surface area contributed by atoms with E-state index >= 15 is 0 Å². The van der Waals surface area contributed by atoms with Crippen LogP contribution in [0.2, 0.25) is 0 Å². The molecule has 0 amide bonds. The minimum Gasteiger partial charge on any atom is -0.354 e. The highest BCUT2D eigenvalue weighted by molar-refractivity contribution is 14.0. The smallest absolute Gasteiger partial charge is 0.191 e. The number of hydrogen-bond donors (Lipinski definition) is 2. The van der Waals surface area contributed by atoms with Crippen molar-refractivity contribution in [2.45, 2.75) is 44.7 Å². The average molecular weight is 378 g/mol. The molecule has 0 aromatic carbocycles. The molecule has 2 N–H and O–H groups in total. The van der Waals surface area contributed by atoms with Gasteiger partial charge in [0.2, 0.25) is 0 Å². The summed E-state index contributed by atoms with van der Waals surface area (Å²) in [7, 11) is 3.69. The summed E-state index contributed by atoms with van der Waals surface area (Å²) < 4.78 is 1.76. The lowest BCUT2D eigenvalue weighted by Gasteiger charge is -2.24. The molecule has 108 valence electrons. The molecule has 1 aromatic rings. The summed E-state index contributed by atoms with van der Waals surface area (Å²) in [6.07, 6.45) is 8.04. The molecule has 2 rings (SSSR count). The molecule has 7 heteroatoms. The van der Waals surface area contributed by atoms with Crippen LogP contribution in [0.4, 0.5) is 0 Å². The number of nitrogens with zero attached hydrogens (tertiary/aromatic N) is 4. The molecule has 1 fully saturated rings. The van der Waals surface area contributed by atoms with Crippen molar-refractivity contribution in [2.75, 3.05) is 7.05 Å². The second-order valence-electron chi connectivity index (χ2n) is 4.70. The van der Waals surface area contributed by atoms with Gasteiger partial charge in [-0.3, -0.25) is 9.67 Å². The quantitative estimate of drug-likeness (QED) is 0.475. The Bertz CT molecular complexity index is 397. The van der Waals surface area contributed by atoms with Crippen LogP contribution in [0, 0.1) is 0 Å². The van der Waals surface area contributed by atoms with Crippen molar-refractivity contribution in [2.24, 2.45) is 12.0 Å². The van der Waals surface area contributed by atoms with Crippen LogP contribution in [0.1, 0.15) is 37.9 Å². The first kappa shape index (κ1) is 16.2. The van der Waals surface area contributed by atoms with Crippen molar-refractivity contribution in [1.82, 2.24) is 25.4 Å². The number of guanidine groups is 1. The van der Waals surface area contributed by atoms with Crippen LogP contribution in [-0.4, -0.2) is 33.8 Å². The van der Waals surface area contributed by atoms with Gasteiger partial charge in [0, 0.05) is 20.1 Å². The van der Waals surface area contributed by atoms with E-state index in [0.717, 1.165) is 11.8 Å². The second-order valence-corrected chi connectivity index (χ2v) is 4.70. The van der Waals surface area contributed by atoms with E-state index in [-0.39, 0.29) is 24.0 Å². The van der Waals surface area contributed by atoms with Gasteiger partial charge < -0.3 is 10.6 Å². The molecule has 1 heterocycles. The van der Waals surface area contributed by atoms with E-state index in [1.54, 1.807) is 18.1 Å². The summed E-state index contributed by atoms with van der Waals surface area (Å²) in [5.74, 6) is 1.76. The Morgan fingerprint density at radius 1 is 1.42 bits per heavy atom. The fourth-order valence-corrected chi connectivity index (χ4v) is 2.28. The highest BCUT2D eigenvalue weighted by Gasteiger charge is 2.14. The Morgan fingerprint density at radius 3 is 2.74 bits per heavy atom. The predicted octanol–water partition coefficient (Wildman–Crippen LogP) is 1.43. The van der Waals surface area contributed by atoms with E-state index in [2.05, 4.69) is 25.7 Å². The van der Waals surface area contributed by atoms with Gasteiger partial charge in [0.25, 0.3) is 0 Å². The number of aryl methyl sites for hydroxylation is 1. The van der Waals surface area contributed by atoms with Gasteiger partial charge in [-0.1, -0.05) is 19.3 Å². The van der Waals surface area contributed by atoms with Crippen molar-refractivity contribution < 1.29 is 0 Å². The molecular formula is C12H23IN6. The van der Waals surface area contributed by atoms with Gasteiger partial charge in [-0.05, 0) is 12.8 Å². The summed E-state index contributed by atoms with van der Waals surface area (Å²) in [5.41, 5.74) is 0. The van der Waals surface area contributed by atoms with E-state index in [9.17, 15) is 0 Å². The van der Waals surface area contributed by atoms with Crippen LogP contribution in [0.15, 0.2) is 11.3 Å². The van der Waals surface area contributed by atoms with Crippen LogP contribution < -0.4 is 10.6 Å². The number of nitrogens with one attached hydrogen (secondary N) is 2. The summed E-state index contributed by atoms with van der Waals surface area (Å²) in [6.45, 7) is 0.642. The lowest BCUT2D eigenvalue weighted by Crippen LogP contribution is -2.44. The van der Waals surface area contributed by atoms with E-state index in [1.807, 2.05) is 7.05 Å².